The van der Waals surface area contributed by atoms with E-state index in [1.807, 2.05) is 36.4 Å². The zero-order valence-corrected chi connectivity index (χ0v) is 18.5. The highest BCUT2D eigenvalue weighted by atomic mass is 32.2. The molecule has 0 atom stereocenters. The van der Waals surface area contributed by atoms with Crippen molar-refractivity contribution in [1.82, 2.24) is 20.0 Å². The van der Waals surface area contributed by atoms with Crippen LogP contribution in [0.4, 0.5) is 4.39 Å². The molecule has 1 aromatic heterocycles. The van der Waals surface area contributed by atoms with Crippen LogP contribution < -0.4 is 5.32 Å². The zero-order valence-electron chi connectivity index (χ0n) is 17.7. The van der Waals surface area contributed by atoms with Crippen molar-refractivity contribution in [2.45, 2.75) is 17.1 Å². The first-order valence-electron chi connectivity index (χ1n) is 10.9. The number of nitrogens with zero attached hydrogens (tertiary/aromatic N) is 3. The summed E-state index contributed by atoms with van der Waals surface area (Å²) < 4.78 is 21.6. The van der Waals surface area contributed by atoms with Crippen molar-refractivity contribution in [3.63, 3.8) is 0 Å². The first-order valence-corrected chi connectivity index (χ1v) is 11.9. The van der Waals surface area contributed by atoms with Crippen LogP contribution in [-0.4, -0.2) is 60.0 Å². The Labute approximate surface area is 190 Å². The molecule has 6 nitrogen and oxygen atoms in total. The van der Waals surface area contributed by atoms with Crippen molar-refractivity contribution < 1.29 is 13.9 Å². The smallest absolute Gasteiger partial charge is 0.272 e. The molecule has 1 fully saturated rings. The van der Waals surface area contributed by atoms with Gasteiger partial charge in [0.05, 0.1) is 29.5 Å². The lowest BCUT2D eigenvalue weighted by Gasteiger charge is -2.26. The van der Waals surface area contributed by atoms with Crippen LogP contribution in [0.3, 0.4) is 0 Å². The van der Waals surface area contributed by atoms with Crippen molar-refractivity contribution in [1.29, 1.82) is 0 Å². The summed E-state index contributed by atoms with van der Waals surface area (Å²) in [6.07, 6.45) is 0.871. The van der Waals surface area contributed by atoms with E-state index in [4.69, 9.17) is 9.84 Å². The average Bonchev–Trinajstić information content (AvgIpc) is 3.24. The van der Waals surface area contributed by atoms with Gasteiger partial charge in [0.2, 0.25) is 0 Å². The molecule has 0 radical (unpaired) electrons. The first kappa shape index (κ1) is 21.2. The topological polar surface area (TPSA) is 59.4 Å². The number of aromatic nitrogens is 2. The molecule has 1 amide bonds. The largest absolute Gasteiger partial charge is 0.379 e. The fraction of sp³-hybridized carbons (Fsp3) is 0.333. The molecule has 1 saturated heterocycles. The van der Waals surface area contributed by atoms with Gasteiger partial charge in [-0.1, -0.05) is 30.3 Å². The number of ether oxygens (including phenoxy) is 1. The molecule has 0 saturated carbocycles. The molecule has 5 rings (SSSR count). The third kappa shape index (κ3) is 4.18. The number of morpholine rings is 1. The van der Waals surface area contributed by atoms with E-state index in [0.717, 1.165) is 61.8 Å². The van der Waals surface area contributed by atoms with Gasteiger partial charge in [0.25, 0.3) is 5.91 Å². The molecule has 3 heterocycles. The van der Waals surface area contributed by atoms with Crippen LogP contribution in [0.1, 0.15) is 22.5 Å². The number of thioether (sulfide) groups is 1. The first-order chi connectivity index (χ1) is 15.7. The number of hydrogen-bond donors (Lipinski definition) is 1. The van der Waals surface area contributed by atoms with Gasteiger partial charge in [-0.05, 0) is 31.2 Å². The van der Waals surface area contributed by atoms with E-state index in [1.165, 1.54) is 17.8 Å². The molecule has 2 aliphatic heterocycles. The Bertz CT molecular complexity index is 1110. The maximum atomic E-state index is 14.5. The lowest BCUT2D eigenvalue weighted by Crippen LogP contribution is -2.38. The summed E-state index contributed by atoms with van der Waals surface area (Å²) in [5.41, 5.74) is 3.68. The van der Waals surface area contributed by atoms with E-state index >= 15 is 0 Å². The quantitative estimate of drug-likeness (QED) is 0.578. The second-order valence-corrected chi connectivity index (χ2v) is 8.88. The van der Waals surface area contributed by atoms with E-state index in [2.05, 4.69) is 10.2 Å². The third-order valence-electron chi connectivity index (χ3n) is 5.82. The van der Waals surface area contributed by atoms with Crippen LogP contribution in [0.2, 0.25) is 0 Å². The number of benzene rings is 2. The highest BCUT2D eigenvalue weighted by Gasteiger charge is 2.30. The van der Waals surface area contributed by atoms with Gasteiger partial charge < -0.3 is 10.1 Å². The molecule has 0 bridgehead atoms. The van der Waals surface area contributed by atoms with Gasteiger partial charge >= 0.3 is 0 Å². The molecule has 0 aliphatic carbocycles. The summed E-state index contributed by atoms with van der Waals surface area (Å²) in [6.45, 7) is 4.95. The van der Waals surface area contributed by atoms with Gasteiger partial charge in [0.15, 0.2) is 5.69 Å². The lowest BCUT2D eigenvalue weighted by molar-refractivity contribution is 0.0374. The van der Waals surface area contributed by atoms with Crippen molar-refractivity contribution in [3.8, 4) is 16.9 Å². The Morgan fingerprint density at radius 1 is 1.12 bits per heavy atom. The predicted octanol–water partition coefficient (Wildman–Crippen LogP) is 3.74. The number of para-hydroxylation sites is 1. The van der Waals surface area contributed by atoms with Crippen LogP contribution in [0, 0.1) is 5.82 Å². The van der Waals surface area contributed by atoms with Crippen molar-refractivity contribution in [2.24, 2.45) is 0 Å². The summed E-state index contributed by atoms with van der Waals surface area (Å²) >= 11 is 1.42. The SMILES string of the molecule is O=C(NCCCN1CCOCC1)c1nn(-c2ccccc2)c2c1CSc1c(F)cccc1-2. The Balaban J connectivity index is 1.40. The Hall–Kier alpha value is -2.68. The van der Waals surface area contributed by atoms with Gasteiger partial charge in [0, 0.05) is 36.5 Å². The second-order valence-electron chi connectivity index (χ2n) is 7.89. The number of amides is 1. The molecular weight excluding hydrogens is 427 g/mol. The van der Waals surface area contributed by atoms with Gasteiger partial charge in [-0.3, -0.25) is 9.69 Å². The zero-order chi connectivity index (χ0) is 21.9. The standard InChI is InChI=1S/C24H25FN4O2S/c25-20-9-4-8-18-22-19(16-32-23(18)20)21(27-29(22)17-6-2-1-3-7-17)24(30)26-10-5-11-28-12-14-31-15-13-28/h1-4,6-9H,5,10-16H2,(H,26,30). The van der Waals surface area contributed by atoms with Gasteiger partial charge in [-0.25, -0.2) is 9.07 Å². The minimum atomic E-state index is -0.243. The molecule has 1 N–H and O–H groups in total. The van der Waals surface area contributed by atoms with Gasteiger partial charge in [-0.15, -0.1) is 11.8 Å². The van der Waals surface area contributed by atoms with E-state index in [-0.39, 0.29) is 11.7 Å². The Morgan fingerprint density at radius 2 is 1.94 bits per heavy atom. The Kier molecular flexibility index (Phi) is 6.25. The maximum absolute atomic E-state index is 14.5. The number of carbonyl (C=O) groups is 1. The monoisotopic (exact) mass is 452 g/mol. The number of carbonyl (C=O) groups excluding carboxylic acids is 1. The molecule has 8 heteroatoms. The van der Waals surface area contributed by atoms with E-state index < -0.39 is 0 Å². The number of hydrogen-bond acceptors (Lipinski definition) is 5. The molecular formula is C24H25FN4O2S. The number of fused-ring (bicyclic) bond motifs is 3. The van der Waals surface area contributed by atoms with Gasteiger partial charge in [-0.2, -0.15) is 5.10 Å². The van der Waals surface area contributed by atoms with E-state index in [0.29, 0.717) is 22.9 Å². The predicted molar refractivity (Wildman–Crippen MR) is 123 cm³/mol. The lowest BCUT2D eigenvalue weighted by atomic mass is 10.0. The van der Waals surface area contributed by atoms with Crippen LogP contribution in [0.15, 0.2) is 53.4 Å². The normalized spacial score (nSPS) is 15.8. The van der Waals surface area contributed by atoms with E-state index in [1.54, 1.807) is 10.7 Å². The minimum absolute atomic E-state index is 0.182. The summed E-state index contributed by atoms with van der Waals surface area (Å²) in [6, 6.07) is 14.8. The fourth-order valence-electron chi connectivity index (χ4n) is 4.20. The van der Waals surface area contributed by atoms with Crippen LogP contribution >= 0.6 is 11.8 Å². The molecule has 0 unspecified atom stereocenters. The minimum Gasteiger partial charge on any atom is -0.379 e. The average molecular weight is 453 g/mol. The molecule has 0 spiro atoms. The molecule has 2 aliphatic rings. The molecule has 166 valence electrons. The fourth-order valence-corrected chi connectivity index (χ4v) is 5.29. The number of rotatable bonds is 6. The number of halogens is 1. The van der Waals surface area contributed by atoms with Crippen molar-refractivity contribution >= 4 is 17.7 Å². The van der Waals surface area contributed by atoms with Crippen molar-refractivity contribution in [2.75, 3.05) is 39.4 Å². The summed E-state index contributed by atoms with van der Waals surface area (Å²) in [4.78, 5) is 16.0. The maximum Gasteiger partial charge on any atom is 0.272 e. The molecule has 32 heavy (non-hydrogen) atoms. The Morgan fingerprint density at radius 3 is 2.75 bits per heavy atom. The molecule has 2 aromatic carbocycles. The van der Waals surface area contributed by atoms with Crippen LogP contribution in [0.25, 0.3) is 16.9 Å². The molecule has 3 aromatic rings. The van der Waals surface area contributed by atoms with Crippen LogP contribution in [0.5, 0.6) is 0 Å². The van der Waals surface area contributed by atoms with Crippen LogP contribution in [-0.2, 0) is 10.5 Å². The third-order valence-corrected chi connectivity index (χ3v) is 6.96. The highest BCUT2D eigenvalue weighted by molar-refractivity contribution is 7.98. The highest BCUT2D eigenvalue weighted by Crippen LogP contribution is 2.44. The number of nitrogens with one attached hydrogen (secondary N) is 1. The summed E-state index contributed by atoms with van der Waals surface area (Å²) in [5, 5.41) is 7.73. The van der Waals surface area contributed by atoms with Crippen molar-refractivity contribution in [3.05, 3.63) is 65.6 Å². The van der Waals surface area contributed by atoms with Gasteiger partial charge in [0.1, 0.15) is 5.82 Å². The van der Waals surface area contributed by atoms with E-state index in [9.17, 15) is 9.18 Å². The summed E-state index contributed by atoms with van der Waals surface area (Å²) in [7, 11) is 0. The second kappa shape index (κ2) is 9.44. The summed E-state index contributed by atoms with van der Waals surface area (Å²) in [5.74, 6) is 0.0820.